The molecule has 33 heavy (non-hydrogen) atoms. The molecule has 0 aliphatic heterocycles. The maximum atomic E-state index is 13.0. The average molecular weight is 498 g/mol. The van der Waals surface area contributed by atoms with Crippen molar-refractivity contribution >= 4 is 46.4 Å². The van der Waals surface area contributed by atoms with Crippen LogP contribution in [0.15, 0.2) is 40.6 Å². The van der Waals surface area contributed by atoms with E-state index >= 15 is 0 Å². The van der Waals surface area contributed by atoms with Gasteiger partial charge in [-0.2, -0.15) is 10.2 Å². The van der Waals surface area contributed by atoms with E-state index in [1.54, 1.807) is 24.3 Å². The van der Waals surface area contributed by atoms with Crippen molar-refractivity contribution in [2.24, 2.45) is 10.2 Å². The van der Waals surface area contributed by atoms with E-state index in [4.69, 9.17) is 42.3 Å². The van der Waals surface area contributed by atoms with Gasteiger partial charge in [-0.05, 0) is 20.8 Å². The highest BCUT2D eigenvalue weighted by molar-refractivity contribution is 6.39. The predicted octanol–water partition coefficient (Wildman–Crippen LogP) is 5.38. The molecule has 0 radical (unpaired) electrons. The molecule has 9 nitrogen and oxygen atoms in total. The highest BCUT2D eigenvalue weighted by Gasteiger charge is 2.29. The van der Waals surface area contributed by atoms with Gasteiger partial charge in [0.25, 0.3) is 5.91 Å². The molecule has 0 spiro atoms. The predicted molar refractivity (Wildman–Crippen MR) is 126 cm³/mol. The molecule has 0 N–H and O–H groups in total. The van der Waals surface area contributed by atoms with Gasteiger partial charge in [0.05, 0.1) is 33.1 Å². The van der Waals surface area contributed by atoms with Crippen LogP contribution in [0.3, 0.4) is 0 Å². The molecule has 0 saturated heterocycles. The molecule has 1 amide bonds. The van der Waals surface area contributed by atoms with Gasteiger partial charge in [-0.25, -0.2) is 4.42 Å². The van der Waals surface area contributed by atoms with E-state index in [2.05, 4.69) is 10.2 Å². The Morgan fingerprint density at radius 3 is 2.06 bits per heavy atom. The summed E-state index contributed by atoms with van der Waals surface area (Å²) < 4.78 is 22.2. The summed E-state index contributed by atoms with van der Waals surface area (Å²) in [4.78, 5) is 25.3. The smallest absolute Gasteiger partial charge is 0.276 e. The van der Waals surface area contributed by atoms with Crippen molar-refractivity contribution in [2.75, 3.05) is 31.9 Å². The summed E-state index contributed by atoms with van der Waals surface area (Å²) >= 11 is 12.6. The molecule has 2 aromatic rings. The Morgan fingerprint density at radius 1 is 0.970 bits per heavy atom. The lowest BCUT2D eigenvalue weighted by Gasteiger charge is -2.19. The normalized spacial score (nSPS) is 11.7. The average Bonchev–Trinajstić information content (AvgIpc) is 2.79. The summed E-state index contributed by atoms with van der Waals surface area (Å²) in [7, 11) is 2.89. The van der Waals surface area contributed by atoms with Crippen LogP contribution >= 0.6 is 23.4 Å². The summed E-state index contributed by atoms with van der Waals surface area (Å²) in [5.74, 6) is 0.236. The molecule has 1 atom stereocenters. The number of hydrogen-bond acceptors (Lipinski definition) is 8. The van der Waals surface area contributed by atoms with Crippen LogP contribution in [0.4, 0.5) is 11.4 Å². The van der Waals surface area contributed by atoms with Crippen molar-refractivity contribution in [1.82, 2.24) is 0 Å². The van der Waals surface area contributed by atoms with Gasteiger partial charge in [0, 0.05) is 42.1 Å². The lowest BCUT2D eigenvalue weighted by molar-refractivity contribution is -0.126. The van der Waals surface area contributed by atoms with Crippen molar-refractivity contribution in [2.45, 2.75) is 26.8 Å². The topological polar surface area (TPSA) is 99.0 Å². The number of methoxy groups -OCH3 is 2. The Morgan fingerprint density at radius 2 is 1.58 bits per heavy atom. The van der Waals surface area contributed by atoms with E-state index in [0.717, 1.165) is 4.42 Å². The number of anilines is 1. The maximum Gasteiger partial charge on any atom is 0.276 e. The molecule has 0 bridgehead atoms. The second-order valence-electron chi connectivity index (χ2n) is 6.54. The number of amides is 1. The first-order valence-electron chi connectivity index (χ1n) is 9.98. The lowest BCUT2D eigenvalue weighted by atomic mass is 10.2. The second kappa shape index (κ2) is 12.3. The summed E-state index contributed by atoms with van der Waals surface area (Å²) in [5, 5.41) is 8.05. The Hall–Kier alpha value is -3.04. The van der Waals surface area contributed by atoms with Crippen LogP contribution in [0.5, 0.6) is 23.0 Å². The number of hydrogen-bond donors (Lipinski definition) is 0. The lowest BCUT2D eigenvalue weighted by Crippen LogP contribution is -2.36. The number of ketones is 1. The largest absolute Gasteiger partial charge is 0.497 e. The first kappa shape index (κ1) is 26.2. The molecule has 1 unspecified atom stereocenters. The fraction of sp³-hybridized carbons (Fsp3) is 0.364. The number of carbonyl (C=O) groups is 2. The van der Waals surface area contributed by atoms with Gasteiger partial charge >= 0.3 is 0 Å². The van der Waals surface area contributed by atoms with Crippen LogP contribution in [0.1, 0.15) is 20.8 Å². The molecule has 0 aliphatic carbocycles. The van der Waals surface area contributed by atoms with Crippen molar-refractivity contribution < 1.29 is 28.5 Å². The monoisotopic (exact) mass is 497 g/mol. The molecular weight excluding hydrogens is 473 g/mol. The summed E-state index contributed by atoms with van der Waals surface area (Å²) in [6.45, 7) is 5.66. The highest BCUT2D eigenvalue weighted by Crippen LogP contribution is 2.38. The highest BCUT2D eigenvalue weighted by atomic mass is 35.5. The summed E-state index contributed by atoms with van der Waals surface area (Å²) in [5.41, 5.74) is 0.406. The third kappa shape index (κ3) is 6.72. The number of nitrogens with zero attached hydrogens (tertiary/aromatic N) is 3. The minimum absolute atomic E-state index is 0.144. The van der Waals surface area contributed by atoms with Crippen molar-refractivity contribution in [1.29, 1.82) is 0 Å². The molecular formula is C22H25Cl2N3O6. The van der Waals surface area contributed by atoms with Crippen LogP contribution in [0.2, 0.25) is 5.02 Å². The van der Waals surface area contributed by atoms with Crippen molar-refractivity contribution in [3.63, 3.8) is 0 Å². The number of azo groups is 1. The van der Waals surface area contributed by atoms with E-state index in [0.29, 0.717) is 36.2 Å². The van der Waals surface area contributed by atoms with Gasteiger partial charge in [-0.15, -0.1) is 0 Å². The van der Waals surface area contributed by atoms with Gasteiger partial charge in [0.2, 0.25) is 6.04 Å². The number of halogens is 2. The van der Waals surface area contributed by atoms with Crippen molar-refractivity contribution in [3.8, 4) is 23.0 Å². The Labute approximate surface area is 202 Å². The van der Waals surface area contributed by atoms with Gasteiger partial charge in [0.15, 0.2) is 5.78 Å². The van der Waals surface area contributed by atoms with Crippen LogP contribution in [0.25, 0.3) is 0 Å². The number of Topliss-reactive ketones (excluding diaryl/α,β-unsaturated/α-hetero) is 1. The standard InChI is InChI=1S/C22H25Cl2N3O6/c1-6-32-16-8-14(9-17(10-16)33-7-2)27(24)22(29)21(13(3)28)26-25-18-11-15(30-4)12-19(31-5)20(18)23/h8-12,21H,6-7H2,1-5H3. The number of benzene rings is 2. The zero-order valence-electron chi connectivity index (χ0n) is 18.9. The first-order valence-corrected chi connectivity index (χ1v) is 10.7. The quantitative estimate of drug-likeness (QED) is 0.234. The Kier molecular flexibility index (Phi) is 9.74. The van der Waals surface area contributed by atoms with Crippen LogP contribution < -0.4 is 23.4 Å². The zero-order chi connectivity index (χ0) is 24.5. The number of ether oxygens (including phenoxy) is 4. The van der Waals surface area contributed by atoms with E-state index < -0.39 is 17.7 Å². The van der Waals surface area contributed by atoms with Gasteiger partial charge in [-0.3, -0.25) is 9.59 Å². The fourth-order valence-electron chi connectivity index (χ4n) is 2.73. The molecule has 2 rings (SSSR count). The molecule has 0 aromatic heterocycles. The minimum Gasteiger partial charge on any atom is -0.497 e. The number of carbonyl (C=O) groups excluding carboxylic acids is 2. The van der Waals surface area contributed by atoms with E-state index in [-0.39, 0.29) is 16.4 Å². The first-order chi connectivity index (χ1) is 15.7. The molecule has 0 heterocycles. The van der Waals surface area contributed by atoms with Crippen LogP contribution in [0, 0.1) is 0 Å². The Bertz CT molecular complexity index is 1010. The third-order valence-corrected chi connectivity index (χ3v) is 5.00. The minimum atomic E-state index is -1.51. The van der Waals surface area contributed by atoms with Crippen LogP contribution in [-0.4, -0.2) is 45.2 Å². The molecule has 11 heteroatoms. The van der Waals surface area contributed by atoms with Gasteiger partial charge < -0.3 is 18.9 Å². The second-order valence-corrected chi connectivity index (χ2v) is 7.26. The van der Waals surface area contributed by atoms with Gasteiger partial charge in [0.1, 0.15) is 33.7 Å². The number of rotatable bonds is 11. The van der Waals surface area contributed by atoms with E-state index in [9.17, 15) is 9.59 Å². The third-order valence-electron chi connectivity index (χ3n) is 4.26. The molecule has 0 saturated carbocycles. The Balaban J connectivity index is 2.39. The van der Waals surface area contributed by atoms with Crippen molar-refractivity contribution in [3.05, 3.63) is 35.4 Å². The van der Waals surface area contributed by atoms with Crippen LogP contribution in [-0.2, 0) is 9.59 Å². The summed E-state index contributed by atoms with van der Waals surface area (Å²) in [6.07, 6.45) is 0. The van der Waals surface area contributed by atoms with Gasteiger partial charge in [-0.1, -0.05) is 11.6 Å². The zero-order valence-corrected chi connectivity index (χ0v) is 20.4. The summed E-state index contributed by atoms with van der Waals surface area (Å²) in [6, 6.07) is 6.32. The SMILES string of the molecule is CCOc1cc(OCC)cc(N(Cl)C(=O)C(N=Nc2cc(OC)cc(OC)c2Cl)C(C)=O)c1. The maximum absolute atomic E-state index is 13.0. The van der Waals surface area contributed by atoms with E-state index in [1.165, 1.54) is 27.2 Å². The fourth-order valence-corrected chi connectivity index (χ4v) is 3.14. The molecule has 178 valence electrons. The molecule has 0 fully saturated rings. The van der Waals surface area contributed by atoms with E-state index in [1.807, 2.05) is 13.8 Å². The molecule has 2 aromatic carbocycles. The molecule has 0 aliphatic rings.